The molecule has 1 amide bonds. The minimum atomic E-state index is -3.98. The highest BCUT2D eigenvalue weighted by molar-refractivity contribution is 7.92. The van der Waals surface area contributed by atoms with E-state index in [4.69, 9.17) is 4.74 Å². The average molecular weight is 474 g/mol. The van der Waals surface area contributed by atoms with Gasteiger partial charge in [0, 0.05) is 6.54 Å². The highest BCUT2D eigenvalue weighted by Gasteiger charge is 2.29. The van der Waals surface area contributed by atoms with Crippen molar-refractivity contribution in [3.05, 3.63) is 53.6 Å². The summed E-state index contributed by atoms with van der Waals surface area (Å²) in [7, 11) is -2.49. The van der Waals surface area contributed by atoms with Gasteiger partial charge in [-0.2, -0.15) is 0 Å². The Hall–Kier alpha value is -2.58. The molecular weight excluding hydrogens is 438 g/mol. The van der Waals surface area contributed by atoms with Crippen LogP contribution >= 0.6 is 0 Å². The van der Waals surface area contributed by atoms with E-state index in [-0.39, 0.29) is 17.3 Å². The SMILES string of the molecule is COc1ccc(C)cc1N(CC(=O)NCCCN1CCCCC1)S(=O)(=O)c1ccc(C)cc1. The van der Waals surface area contributed by atoms with Gasteiger partial charge in [-0.1, -0.05) is 30.2 Å². The van der Waals surface area contributed by atoms with Crippen molar-refractivity contribution >= 4 is 21.6 Å². The van der Waals surface area contributed by atoms with Gasteiger partial charge in [-0.3, -0.25) is 9.10 Å². The molecule has 8 heteroatoms. The van der Waals surface area contributed by atoms with Gasteiger partial charge in [0.2, 0.25) is 5.91 Å². The van der Waals surface area contributed by atoms with E-state index in [0.29, 0.717) is 18.0 Å². The number of rotatable bonds is 10. The van der Waals surface area contributed by atoms with Crippen molar-refractivity contribution in [2.75, 3.05) is 44.1 Å². The molecule has 7 nitrogen and oxygen atoms in total. The Labute approximate surface area is 197 Å². The van der Waals surface area contributed by atoms with Crippen LogP contribution in [0, 0.1) is 13.8 Å². The number of piperidine rings is 1. The predicted octanol–water partition coefficient (Wildman–Crippen LogP) is 3.50. The molecule has 180 valence electrons. The van der Waals surface area contributed by atoms with E-state index in [1.807, 2.05) is 19.9 Å². The van der Waals surface area contributed by atoms with Crippen LogP contribution in [-0.4, -0.2) is 59.1 Å². The van der Waals surface area contributed by atoms with Gasteiger partial charge in [0.15, 0.2) is 0 Å². The molecule has 0 aliphatic carbocycles. The number of carbonyl (C=O) groups is 1. The van der Waals surface area contributed by atoms with E-state index in [0.717, 1.165) is 41.5 Å². The third-order valence-electron chi connectivity index (χ3n) is 5.92. The summed E-state index contributed by atoms with van der Waals surface area (Å²) in [6, 6.07) is 11.9. The van der Waals surface area contributed by atoms with Gasteiger partial charge in [0.25, 0.3) is 10.0 Å². The summed E-state index contributed by atoms with van der Waals surface area (Å²) < 4.78 is 33.7. The number of nitrogens with zero attached hydrogens (tertiary/aromatic N) is 2. The molecule has 1 aliphatic heterocycles. The van der Waals surface area contributed by atoms with Crippen LogP contribution in [0.3, 0.4) is 0 Å². The number of likely N-dealkylation sites (tertiary alicyclic amines) is 1. The molecule has 0 radical (unpaired) electrons. The maximum absolute atomic E-state index is 13.6. The van der Waals surface area contributed by atoms with Gasteiger partial charge in [0.1, 0.15) is 12.3 Å². The van der Waals surface area contributed by atoms with Crippen molar-refractivity contribution < 1.29 is 17.9 Å². The molecule has 0 spiro atoms. The lowest BCUT2D eigenvalue weighted by Gasteiger charge is -2.27. The smallest absolute Gasteiger partial charge is 0.264 e. The molecule has 0 unspecified atom stereocenters. The molecule has 1 aliphatic rings. The summed E-state index contributed by atoms with van der Waals surface area (Å²) in [6.07, 6.45) is 4.60. The number of hydrogen-bond donors (Lipinski definition) is 1. The molecule has 2 aromatic carbocycles. The summed E-state index contributed by atoms with van der Waals surface area (Å²) in [5.74, 6) is 0.0575. The average Bonchev–Trinajstić information content (AvgIpc) is 2.81. The van der Waals surface area contributed by atoms with E-state index in [2.05, 4.69) is 10.2 Å². The lowest BCUT2D eigenvalue weighted by atomic mass is 10.1. The van der Waals surface area contributed by atoms with E-state index in [9.17, 15) is 13.2 Å². The fourth-order valence-electron chi connectivity index (χ4n) is 4.03. The van der Waals surface area contributed by atoms with Crippen molar-refractivity contribution in [1.29, 1.82) is 0 Å². The second-order valence-corrected chi connectivity index (χ2v) is 10.5. The number of ether oxygens (including phenoxy) is 1. The molecule has 0 aromatic heterocycles. The molecular formula is C25H35N3O4S. The van der Waals surface area contributed by atoms with E-state index in [1.165, 1.54) is 26.4 Å². The molecule has 1 fully saturated rings. The first-order valence-corrected chi connectivity index (χ1v) is 13.0. The maximum atomic E-state index is 13.6. The highest BCUT2D eigenvalue weighted by atomic mass is 32.2. The zero-order chi connectivity index (χ0) is 23.8. The Morgan fingerprint density at radius 3 is 2.36 bits per heavy atom. The van der Waals surface area contributed by atoms with Crippen molar-refractivity contribution in [2.45, 2.75) is 44.4 Å². The molecule has 1 N–H and O–H groups in total. The van der Waals surface area contributed by atoms with Crippen LogP contribution in [0.4, 0.5) is 5.69 Å². The van der Waals surface area contributed by atoms with Gasteiger partial charge < -0.3 is 15.0 Å². The Kier molecular flexibility index (Phi) is 8.74. The zero-order valence-electron chi connectivity index (χ0n) is 19.8. The fraction of sp³-hybridized carbons (Fsp3) is 0.480. The Morgan fingerprint density at radius 2 is 1.70 bits per heavy atom. The van der Waals surface area contributed by atoms with Gasteiger partial charge >= 0.3 is 0 Å². The Morgan fingerprint density at radius 1 is 1.03 bits per heavy atom. The minimum Gasteiger partial charge on any atom is -0.495 e. The monoisotopic (exact) mass is 473 g/mol. The van der Waals surface area contributed by atoms with Crippen LogP contribution in [0.5, 0.6) is 5.75 Å². The van der Waals surface area contributed by atoms with Crippen molar-refractivity contribution in [1.82, 2.24) is 10.2 Å². The van der Waals surface area contributed by atoms with Crippen molar-refractivity contribution in [3.63, 3.8) is 0 Å². The van der Waals surface area contributed by atoms with Crippen LogP contribution in [0.25, 0.3) is 0 Å². The standard InChI is InChI=1S/C25H35N3O4S/c1-20-8-11-22(12-9-20)33(30,31)28(23-18-21(2)10-13-24(23)32-3)19-25(29)26-14-7-17-27-15-5-4-6-16-27/h8-13,18H,4-7,14-17,19H2,1-3H3,(H,26,29). The molecule has 1 saturated heterocycles. The second kappa shape index (κ2) is 11.5. The van der Waals surface area contributed by atoms with Gasteiger partial charge in [-0.15, -0.1) is 0 Å². The van der Waals surface area contributed by atoms with Crippen LogP contribution in [0.2, 0.25) is 0 Å². The van der Waals surface area contributed by atoms with Gasteiger partial charge in [-0.25, -0.2) is 8.42 Å². The number of carbonyl (C=O) groups excluding carboxylic acids is 1. The van der Waals surface area contributed by atoms with Crippen LogP contribution < -0.4 is 14.4 Å². The number of methoxy groups -OCH3 is 1. The summed E-state index contributed by atoms with van der Waals surface area (Å²) >= 11 is 0. The largest absolute Gasteiger partial charge is 0.495 e. The topological polar surface area (TPSA) is 79.0 Å². The third kappa shape index (κ3) is 6.71. The molecule has 33 heavy (non-hydrogen) atoms. The quantitative estimate of drug-likeness (QED) is 0.535. The number of amides is 1. The van der Waals surface area contributed by atoms with Crippen LogP contribution in [0.15, 0.2) is 47.4 Å². The first kappa shape index (κ1) is 25.1. The maximum Gasteiger partial charge on any atom is 0.264 e. The summed E-state index contributed by atoms with van der Waals surface area (Å²) in [5.41, 5.74) is 2.18. The fourth-order valence-corrected chi connectivity index (χ4v) is 5.46. The molecule has 0 saturated carbocycles. The summed E-state index contributed by atoms with van der Waals surface area (Å²) in [5, 5.41) is 2.89. The van der Waals surface area contributed by atoms with E-state index < -0.39 is 10.0 Å². The van der Waals surface area contributed by atoms with Crippen molar-refractivity contribution in [3.8, 4) is 5.75 Å². The molecule has 1 heterocycles. The number of nitrogens with one attached hydrogen (secondary N) is 1. The summed E-state index contributed by atoms with van der Waals surface area (Å²) in [4.78, 5) is 15.4. The number of sulfonamides is 1. The van der Waals surface area contributed by atoms with E-state index >= 15 is 0 Å². The number of anilines is 1. The van der Waals surface area contributed by atoms with Gasteiger partial charge in [-0.05, 0) is 82.6 Å². The third-order valence-corrected chi connectivity index (χ3v) is 7.70. The number of benzene rings is 2. The predicted molar refractivity (Wildman–Crippen MR) is 131 cm³/mol. The lowest BCUT2D eigenvalue weighted by Crippen LogP contribution is -2.42. The molecule has 3 rings (SSSR count). The number of hydrogen-bond acceptors (Lipinski definition) is 5. The first-order chi connectivity index (χ1) is 15.8. The lowest BCUT2D eigenvalue weighted by molar-refractivity contribution is -0.119. The van der Waals surface area contributed by atoms with Gasteiger partial charge in [0.05, 0.1) is 17.7 Å². The Balaban J connectivity index is 1.76. The number of aryl methyl sites for hydroxylation is 2. The Bertz CT molecular complexity index is 1030. The first-order valence-electron chi connectivity index (χ1n) is 11.5. The van der Waals surface area contributed by atoms with Crippen molar-refractivity contribution in [2.24, 2.45) is 0 Å². The highest BCUT2D eigenvalue weighted by Crippen LogP contribution is 2.33. The molecule has 0 bridgehead atoms. The summed E-state index contributed by atoms with van der Waals surface area (Å²) in [6.45, 7) is 7.14. The molecule has 2 aromatic rings. The second-order valence-electron chi connectivity index (χ2n) is 8.61. The van der Waals surface area contributed by atoms with Crippen LogP contribution in [-0.2, 0) is 14.8 Å². The zero-order valence-corrected chi connectivity index (χ0v) is 20.7. The minimum absolute atomic E-state index is 0.134. The normalized spacial score (nSPS) is 14.6. The van der Waals surface area contributed by atoms with E-state index in [1.54, 1.807) is 36.4 Å². The van der Waals surface area contributed by atoms with Crippen LogP contribution in [0.1, 0.15) is 36.8 Å². The molecule has 0 atom stereocenters.